The molecule has 0 heterocycles. The molecule has 0 unspecified atom stereocenters. The van der Waals surface area contributed by atoms with Gasteiger partial charge in [0.1, 0.15) is 0 Å². The average molecular weight is 274 g/mol. The van der Waals surface area contributed by atoms with Crippen LogP contribution in [0, 0.1) is 5.92 Å². The standard InChI is InChI=1S/C13H19NO3.ClH/c1-8(2)12(15)11(14)9-5-4-6-10(7-9)13(16)17-3;/h4-8,11-12,15H,14H2,1-3H3;1H/t11-,12+;/m1./s1. The highest BCUT2D eigenvalue weighted by molar-refractivity contribution is 5.89. The first-order valence-corrected chi connectivity index (χ1v) is 5.59. The Balaban J connectivity index is 0.00000289. The summed E-state index contributed by atoms with van der Waals surface area (Å²) in [5, 5.41) is 9.89. The molecule has 0 bridgehead atoms. The van der Waals surface area contributed by atoms with E-state index >= 15 is 0 Å². The van der Waals surface area contributed by atoms with E-state index in [0.29, 0.717) is 5.56 Å². The van der Waals surface area contributed by atoms with Gasteiger partial charge in [-0.05, 0) is 23.6 Å². The van der Waals surface area contributed by atoms with Gasteiger partial charge in [-0.2, -0.15) is 0 Å². The summed E-state index contributed by atoms with van der Waals surface area (Å²) in [5.74, 6) is -0.343. The Kier molecular flexibility index (Phi) is 6.91. The van der Waals surface area contributed by atoms with E-state index in [9.17, 15) is 9.90 Å². The first kappa shape index (κ1) is 16.9. The lowest BCUT2D eigenvalue weighted by Crippen LogP contribution is -2.30. The summed E-state index contributed by atoms with van der Waals surface area (Å²) in [6, 6.07) is 6.34. The van der Waals surface area contributed by atoms with Crippen LogP contribution in [0.4, 0.5) is 0 Å². The highest BCUT2D eigenvalue weighted by atomic mass is 35.5. The number of carbonyl (C=O) groups excluding carboxylic acids is 1. The van der Waals surface area contributed by atoms with E-state index in [0.717, 1.165) is 5.56 Å². The second-order valence-corrected chi connectivity index (χ2v) is 4.38. The predicted octanol–water partition coefficient (Wildman–Crippen LogP) is 1.91. The van der Waals surface area contributed by atoms with E-state index in [4.69, 9.17) is 5.73 Å². The lowest BCUT2D eigenvalue weighted by Gasteiger charge is -2.22. The maximum absolute atomic E-state index is 11.4. The SMILES string of the molecule is COC(=O)c1cccc([C@@H](N)[C@@H](O)C(C)C)c1.Cl. The van der Waals surface area contributed by atoms with Gasteiger partial charge >= 0.3 is 5.97 Å². The molecule has 0 aliphatic rings. The zero-order chi connectivity index (χ0) is 13.0. The van der Waals surface area contributed by atoms with Gasteiger partial charge in [-0.3, -0.25) is 0 Å². The summed E-state index contributed by atoms with van der Waals surface area (Å²) in [6.45, 7) is 3.80. The van der Waals surface area contributed by atoms with Gasteiger partial charge in [-0.1, -0.05) is 26.0 Å². The molecule has 5 heteroatoms. The molecule has 0 amide bonds. The molecule has 0 saturated heterocycles. The van der Waals surface area contributed by atoms with Crippen LogP contribution in [0.5, 0.6) is 0 Å². The van der Waals surface area contributed by atoms with Crippen LogP contribution in [-0.4, -0.2) is 24.3 Å². The van der Waals surface area contributed by atoms with Crippen molar-refractivity contribution in [3.05, 3.63) is 35.4 Å². The fourth-order valence-electron chi connectivity index (χ4n) is 1.60. The summed E-state index contributed by atoms with van der Waals surface area (Å²) in [6.07, 6.45) is -0.636. The van der Waals surface area contributed by atoms with Gasteiger partial charge in [0.25, 0.3) is 0 Å². The smallest absolute Gasteiger partial charge is 0.337 e. The number of hydrogen-bond acceptors (Lipinski definition) is 4. The zero-order valence-electron chi connectivity index (χ0n) is 10.8. The summed E-state index contributed by atoms with van der Waals surface area (Å²) in [4.78, 5) is 11.4. The third kappa shape index (κ3) is 3.98. The molecule has 1 aromatic rings. The average Bonchev–Trinajstić information content (AvgIpc) is 2.36. The minimum atomic E-state index is -0.636. The number of nitrogens with two attached hydrogens (primary N) is 1. The van der Waals surface area contributed by atoms with Crippen molar-refractivity contribution in [3.8, 4) is 0 Å². The number of methoxy groups -OCH3 is 1. The second kappa shape index (κ2) is 7.36. The van der Waals surface area contributed by atoms with Crippen molar-refractivity contribution < 1.29 is 14.6 Å². The van der Waals surface area contributed by atoms with Crippen LogP contribution >= 0.6 is 12.4 Å². The van der Waals surface area contributed by atoms with Crippen molar-refractivity contribution in [3.63, 3.8) is 0 Å². The van der Waals surface area contributed by atoms with Crippen molar-refractivity contribution in [1.29, 1.82) is 0 Å². The maximum atomic E-state index is 11.4. The van der Waals surface area contributed by atoms with E-state index in [1.54, 1.807) is 24.3 Å². The number of ether oxygens (including phenoxy) is 1. The topological polar surface area (TPSA) is 72.5 Å². The van der Waals surface area contributed by atoms with Gasteiger partial charge in [-0.25, -0.2) is 4.79 Å². The van der Waals surface area contributed by atoms with Crippen LogP contribution in [0.25, 0.3) is 0 Å². The fraction of sp³-hybridized carbons (Fsp3) is 0.462. The Morgan fingerprint density at radius 1 is 1.39 bits per heavy atom. The quantitative estimate of drug-likeness (QED) is 0.822. The van der Waals surface area contributed by atoms with E-state index < -0.39 is 18.1 Å². The summed E-state index contributed by atoms with van der Waals surface area (Å²) < 4.78 is 4.64. The molecule has 2 atom stereocenters. The highest BCUT2D eigenvalue weighted by Crippen LogP contribution is 2.20. The van der Waals surface area contributed by atoms with Crippen LogP contribution in [0.15, 0.2) is 24.3 Å². The van der Waals surface area contributed by atoms with E-state index in [2.05, 4.69) is 4.74 Å². The molecule has 0 radical (unpaired) electrons. The molecule has 1 aromatic carbocycles. The molecule has 18 heavy (non-hydrogen) atoms. The lowest BCUT2D eigenvalue weighted by molar-refractivity contribution is 0.0600. The number of rotatable bonds is 4. The molecule has 0 spiro atoms. The molecular weight excluding hydrogens is 254 g/mol. The minimum absolute atomic E-state index is 0. The molecule has 0 aliphatic carbocycles. The molecule has 3 N–H and O–H groups in total. The summed E-state index contributed by atoms with van der Waals surface area (Å²) >= 11 is 0. The van der Waals surface area contributed by atoms with E-state index in [-0.39, 0.29) is 18.3 Å². The van der Waals surface area contributed by atoms with Crippen molar-refractivity contribution in [2.45, 2.75) is 26.0 Å². The van der Waals surface area contributed by atoms with Gasteiger partial charge in [0.2, 0.25) is 0 Å². The van der Waals surface area contributed by atoms with Crippen LogP contribution in [0.1, 0.15) is 35.8 Å². The lowest BCUT2D eigenvalue weighted by atomic mass is 9.93. The molecule has 0 aliphatic heterocycles. The summed E-state index contributed by atoms with van der Waals surface area (Å²) in [5.41, 5.74) is 7.12. The number of hydrogen-bond donors (Lipinski definition) is 2. The van der Waals surface area contributed by atoms with Gasteiger partial charge in [0.05, 0.1) is 24.8 Å². The molecule has 102 valence electrons. The monoisotopic (exact) mass is 273 g/mol. The molecule has 0 saturated carbocycles. The zero-order valence-corrected chi connectivity index (χ0v) is 11.6. The van der Waals surface area contributed by atoms with Gasteiger partial charge in [-0.15, -0.1) is 12.4 Å². The van der Waals surface area contributed by atoms with Crippen molar-refractivity contribution >= 4 is 18.4 Å². The number of halogens is 1. The number of aliphatic hydroxyl groups is 1. The third-order valence-corrected chi connectivity index (χ3v) is 2.74. The van der Waals surface area contributed by atoms with Crippen LogP contribution in [-0.2, 0) is 4.74 Å². The minimum Gasteiger partial charge on any atom is -0.465 e. The van der Waals surface area contributed by atoms with Crippen molar-refractivity contribution in [2.75, 3.05) is 7.11 Å². The normalized spacial score (nSPS) is 13.7. The van der Waals surface area contributed by atoms with Crippen LogP contribution in [0.3, 0.4) is 0 Å². The molecule has 0 aromatic heterocycles. The Morgan fingerprint density at radius 2 is 2.00 bits per heavy atom. The number of aliphatic hydroxyl groups excluding tert-OH is 1. The number of benzene rings is 1. The van der Waals surface area contributed by atoms with Gasteiger partial charge < -0.3 is 15.6 Å². The number of carbonyl (C=O) groups is 1. The molecule has 0 fully saturated rings. The van der Waals surface area contributed by atoms with Gasteiger partial charge in [0, 0.05) is 0 Å². The van der Waals surface area contributed by atoms with E-state index in [1.807, 2.05) is 13.8 Å². The van der Waals surface area contributed by atoms with Crippen LogP contribution < -0.4 is 5.73 Å². The first-order valence-electron chi connectivity index (χ1n) is 5.59. The molecular formula is C13H20ClNO3. The largest absolute Gasteiger partial charge is 0.465 e. The Hall–Kier alpha value is -1.10. The second-order valence-electron chi connectivity index (χ2n) is 4.38. The van der Waals surface area contributed by atoms with Crippen molar-refractivity contribution in [2.24, 2.45) is 11.7 Å². The Morgan fingerprint density at radius 3 is 2.50 bits per heavy atom. The Bertz CT molecular complexity index is 396. The van der Waals surface area contributed by atoms with E-state index in [1.165, 1.54) is 7.11 Å². The van der Waals surface area contributed by atoms with Gasteiger partial charge in [0.15, 0.2) is 0 Å². The fourth-order valence-corrected chi connectivity index (χ4v) is 1.60. The molecule has 1 rings (SSSR count). The maximum Gasteiger partial charge on any atom is 0.337 e. The van der Waals surface area contributed by atoms with Crippen molar-refractivity contribution in [1.82, 2.24) is 0 Å². The summed E-state index contributed by atoms with van der Waals surface area (Å²) in [7, 11) is 1.33. The highest BCUT2D eigenvalue weighted by Gasteiger charge is 2.20. The first-order chi connectivity index (χ1) is 7.97. The Labute approximate surface area is 114 Å². The van der Waals surface area contributed by atoms with Crippen LogP contribution in [0.2, 0.25) is 0 Å². The third-order valence-electron chi connectivity index (χ3n) is 2.74. The number of esters is 1. The molecule has 4 nitrogen and oxygen atoms in total. The predicted molar refractivity (Wildman–Crippen MR) is 72.8 cm³/mol.